The number of phenols is 1. The third-order valence-electron chi connectivity index (χ3n) is 10.8. The molecule has 16 heteroatoms. The zero-order valence-electron chi connectivity index (χ0n) is 30.7. The molecule has 290 valence electrons. The van der Waals surface area contributed by atoms with Crippen LogP contribution in [0.2, 0.25) is 0 Å². The molecule has 0 unspecified atom stereocenters. The van der Waals surface area contributed by atoms with Gasteiger partial charge in [-0.1, -0.05) is 72.8 Å². The average Bonchev–Trinajstić information content (AvgIpc) is 3.97. The molecule has 0 spiro atoms. The van der Waals surface area contributed by atoms with Crippen molar-refractivity contribution in [1.82, 2.24) is 39.3 Å². The summed E-state index contributed by atoms with van der Waals surface area (Å²) in [6.07, 6.45) is 0.917. The number of anilines is 2. The van der Waals surface area contributed by atoms with E-state index in [1.165, 1.54) is 17.8 Å². The summed E-state index contributed by atoms with van der Waals surface area (Å²) in [4.78, 5) is 42.4. The van der Waals surface area contributed by atoms with E-state index in [2.05, 4.69) is 40.2 Å². The van der Waals surface area contributed by atoms with Crippen LogP contribution in [0.1, 0.15) is 47.5 Å². The number of imidazole rings is 2. The summed E-state index contributed by atoms with van der Waals surface area (Å²) < 4.78 is 4.03. The van der Waals surface area contributed by atoms with E-state index in [9.17, 15) is 30.0 Å². The van der Waals surface area contributed by atoms with E-state index < -0.39 is 30.0 Å². The number of benzene rings is 3. The molecule has 0 radical (unpaired) electrons. The Labute approximate surface area is 321 Å². The maximum absolute atomic E-state index is 12.9. The molecule has 1 saturated carbocycles. The van der Waals surface area contributed by atoms with Crippen molar-refractivity contribution < 1.29 is 25.2 Å². The second-order valence-electron chi connectivity index (χ2n) is 14.5. The summed E-state index contributed by atoms with van der Waals surface area (Å²) in [5.74, 6) is 0.656. The predicted octanol–water partition coefficient (Wildman–Crippen LogP) is 2.97. The van der Waals surface area contributed by atoms with Crippen LogP contribution in [0.5, 0.6) is 11.6 Å². The van der Waals surface area contributed by atoms with Gasteiger partial charge in [0.05, 0.1) is 24.6 Å². The number of nitrogens with zero attached hydrogens (tertiary/aromatic N) is 7. The van der Waals surface area contributed by atoms with Crippen LogP contribution >= 0.6 is 0 Å². The molecule has 1 aliphatic heterocycles. The van der Waals surface area contributed by atoms with Gasteiger partial charge in [0, 0.05) is 45.2 Å². The molecule has 16 nitrogen and oxygen atoms in total. The number of aromatic nitrogens is 6. The van der Waals surface area contributed by atoms with Crippen molar-refractivity contribution in [3.05, 3.63) is 125 Å². The van der Waals surface area contributed by atoms with Crippen molar-refractivity contribution in [2.75, 3.05) is 29.9 Å². The number of carbonyl (C=O) groups is 1. The van der Waals surface area contributed by atoms with Crippen LogP contribution in [0.4, 0.5) is 16.6 Å². The van der Waals surface area contributed by atoms with Gasteiger partial charge < -0.3 is 45.8 Å². The summed E-state index contributed by atoms with van der Waals surface area (Å²) in [6.45, 7) is 1.71. The minimum absolute atomic E-state index is 0.0314. The predicted molar refractivity (Wildman–Crippen MR) is 209 cm³/mol. The zero-order valence-corrected chi connectivity index (χ0v) is 30.7. The second-order valence-corrected chi connectivity index (χ2v) is 14.5. The molecule has 3 aromatic heterocycles. The highest BCUT2D eigenvalue weighted by Gasteiger charge is 2.45. The Morgan fingerprint density at radius 1 is 0.929 bits per heavy atom. The number of hydrogen-bond donors (Lipinski definition) is 7. The highest BCUT2D eigenvalue weighted by Crippen LogP contribution is 2.41. The van der Waals surface area contributed by atoms with Crippen LogP contribution < -0.4 is 26.5 Å². The molecule has 7 N–H and O–H groups in total. The van der Waals surface area contributed by atoms with Crippen molar-refractivity contribution in [2.45, 2.75) is 55.6 Å². The lowest BCUT2D eigenvalue weighted by atomic mass is 9.91. The number of aliphatic hydroxyl groups excluding tert-OH is 2. The number of aromatic hydroxyl groups is 2. The van der Waals surface area contributed by atoms with Crippen LogP contribution in [0.3, 0.4) is 0 Å². The van der Waals surface area contributed by atoms with Crippen LogP contribution in [-0.4, -0.2) is 93.0 Å². The number of aryl methyl sites for hydroxylation is 1. The smallest absolute Gasteiger partial charge is 0.331 e. The Kier molecular flexibility index (Phi) is 10.1. The number of phenolic OH excluding ortho intramolecular Hbond substituents is 1. The summed E-state index contributed by atoms with van der Waals surface area (Å²) in [5, 5.41) is 52.4. The average molecular weight is 761 g/mol. The van der Waals surface area contributed by atoms with Gasteiger partial charge in [-0.3, -0.25) is 9.13 Å². The van der Waals surface area contributed by atoms with E-state index in [4.69, 9.17) is 15.0 Å². The molecule has 56 heavy (non-hydrogen) atoms. The van der Waals surface area contributed by atoms with E-state index >= 15 is 0 Å². The molecular formula is C40H44N10O6. The summed E-state index contributed by atoms with van der Waals surface area (Å²) in [6, 6.07) is 24.9. The van der Waals surface area contributed by atoms with E-state index in [1.54, 1.807) is 29.1 Å². The highest BCUT2D eigenvalue weighted by molar-refractivity contribution is 5.84. The maximum atomic E-state index is 12.9. The standard InChI is InChI=1S/C40H44N10O6/c1-47-22-32(52)50(40(47)56)31-18-30(34(53)35(31)54)49-23-43-33-36(41-20-29(25-10-4-2-5-11-25)26-12-6-3-7-13-26)45-38(46-37(33)49)48-16-15-27(21-48)44-39(55)42-19-24-9-8-14-28(51)17-24/h2-14,17,22-23,27,29-31,34-35,51-54H,15-16,18-21H2,1H3,(H,41,45,46)(H2,42,44,55)/t27-,30-,31+,34+,35-/m1/s1. The minimum atomic E-state index is -1.36. The number of fused-ring (bicyclic) bond motifs is 1. The monoisotopic (exact) mass is 760 g/mol. The van der Waals surface area contributed by atoms with E-state index in [0.717, 1.165) is 21.3 Å². The lowest BCUT2D eigenvalue weighted by Crippen LogP contribution is -2.43. The van der Waals surface area contributed by atoms with Gasteiger partial charge in [-0.05, 0) is 41.7 Å². The van der Waals surface area contributed by atoms with Gasteiger partial charge in [-0.2, -0.15) is 9.97 Å². The summed E-state index contributed by atoms with van der Waals surface area (Å²) >= 11 is 0. The molecular weight excluding hydrogens is 717 g/mol. The number of amides is 2. The molecule has 2 fully saturated rings. The normalized spacial score (nSPS) is 20.9. The number of nitrogens with one attached hydrogen (secondary N) is 3. The van der Waals surface area contributed by atoms with Gasteiger partial charge in [0.15, 0.2) is 17.0 Å². The molecule has 0 bridgehead atoms. The Hall–Kier alpha value is -6.39. The largest absolute Gasteiger partial charge is 0.508 e. The summed E-state index contributed by atoms with van der Waals surface area (Å²) in [7, 11) is 1.51. The first-order chi connectivity index (χ1) is 27.1. The number of carbonyl (C=O) groups excluding carboxylic acids is 1. The van der Waals surface area contributed by atoms with Crippen LogP contribution in [0.25, 0.3) is 11.2 Å². The van der Waals surface area contributed by atoms with Crippen molar-refractivity contribution in [1.29, 1.82) is 0 Å². The van der Waals surface area contributed by atoms with Crippen LogP contribution in [0, 0.1) is 0 Å². The molecule has 8 rings (SSSR count). The second kappa shape index (κ2) is 15.4. The highest BCUT2D eigenvalue weighted by atomic mass is 16.3. The minimum Gasteiger partial charge on any atom is -0.508 e. The molecule has 4 heterocycles. The maximum Gasteiger partial charge on any atom is 0.331 e. The molecule has 5 atom stereocenters. The van der Waals surface area contributed by atoms with Gasteiger partial charge in [0.25, 0.3) is 0 Å². The van der Waals surface area contributed by atoms with Crippen molar-refractivity contribution in [2.24, 2.45) is 7.05 Å². The molecule has 2 aliphatic rings. The third-order valence-corrected chi connectivity index (χ3v) is 10.8. The topological polar surface area (TPSA) is 208 Å². The van der Waals surface area contributed by atoms with Gasteiger partial charge >= 0.3 is 11.7 Å². The van der Waals surface area contributed by atoms with Crippen LogP contribution in [-0.2, 0) is 13.6 Å². The first-order valence-electron chi connectivity index (χ1n) is 18.6. The van der Waals surface area contributed by atoms with Crippen molar-refractivity contribution in [3.63, 3.8) is 0 Å². The van der Waals surface area contributed by atoms with Crippen molar-refractivity contribution >= 4 is 29.0 Å². The lowest BCUT2D eigenvalue weighted by Gasteiger charge is -2.22. The fourth-order valence-corrected chi connectivity index (χ4v) is 7.94. The number of aliphatic hydroxyl groups is 2. The summed E-state index contributed by atoms with van der Waals surface area (Å²) in [5.41, 5.74) is 3.36. The van der Waals surface area contributed by atoms with Gasteiger partial charge in [-0.15, -0.1) is 0 Å². The number of hydrogen-bond acceptors (Lipinski definition) is 11. The fourth-order valence-electron chi connectivity index (χ4n) is 7.94. The molecule has 1 aliphatic carbocycles. The van der Waals surface area contributed by atoms with E-state index in [1.807, 2.05) is 47.4 Å². The third kappa shape index (κ3) is 7.23. The van der Waals surface area contributed by atoms with Gasteiger partial charge in [0.1, 0.15) is 18.0 Å². The van der Waals surface area contributed by atoms with Crippen molar-refractivity contribution in [3.8, 4) is 11.6 Å². The fraction of sp³-hybridized carbons (Fsp3) is 0.325. The molecule has 3 aromatic carbocycles. The molecule has 6 aromatic rings. The van der Waals surface area contributed by atoms with E-state index in [-0.39, 0.29) is 42.6 Å². The number of rotatable bonds is 11. The zero-order chi connectivity index (χ0) is 38.9. The Morgan fingerprint density at radius 3 is 2.32 bits per heavy atom. The van der Waals surface area contributed by atoms with E-state index in [0.29, 0.717) is 49.0 Å². The number of urea groups is 1. The Bertz CT molecular complexity index is 2340. The first kappa shape index (κ1) is 36.6. The first-order valence-corrected chi connectivity index (χ1v) is 18.6. The Morgan fingerprint density at radius 2 is 1.64 bits per heavy atom. The lowest BCUT2D eigenvalue weighted by molar-refractivity contribution is 0.00756. The SMILES string of the molecule is Cn1cc(O)n([C@H]2C[C@@H](n3cnc4c(NCC(c5ccccc5)c5ccccc5)nc(N5CC[C@@H](NC(=O)NCc6cccc(O)c6)C5)nc43)[C@H](O)[C@@H]2O)c1=O. The van der Waals surface area contributed by atoms with Gasteiger partial charge in [0.2, 0.25) is 11.8 Å². The van der Waals surface area contributed by atoms with Crippen LogP contribution in [0.15, 0.2) is 102 Å². The molecule has 1 saturated heterocycles. The quantitative estimate of drug-likeness (QED) is 0.102. The molecule has 2 amide bonds. The van der Waals surface area contributed by atoms with Gasteiger partial charge in [-0.25, -0.2) is 14.6 Å². The Balaban J connectivity index is 1.09.